The van der Waals surface area contributed by atoms with Crippen LogP contribution in [0, 0.1) is 0 Å². The summed E-state index contributed by atoms with van der Waals surface area (Å²) in [5.74, 6) is -0.420. The lowest BCUT2D eigenvalue weighted by Crippen LogP contribution is -2.06. The molecule has 0 bridgehead atoms. The molecule has 0 saturated carbocycles. The second-order valence-corrected chi connectivity index (χ2v) is 5.64. The fourth-order valence-corrected chi connectivity index (χ4v) is 3.03. The van der Waals surface area contributed by atoms with E-state index < -0.39 is 5.97 Å². The van der Waals surface area contributed by atoms with Crippen molar-refractivity contribution in [1.29, 1.82) is 0 Å². The minimum absolute atomic E-state index is 0.313. The molecule has 1 N–H and O–H groups in total. The largest absolute Gasteiger partial charge is 0.461 e. The number of carbonyl (C=O) groups excluding carboxylic acids is 1. The molecule has 2 aromatic heterocycles. The molecule has 0 unspecified atom stereocenters. The number of esters is 1. The van der Waals surface area contributed by atoms with Crippen molar-refractivity contribution in [2.75, 3.05) is 11.9 Å². The van der Waals surface area contributed by atoms with Crippen LogP contribution in [0.1, 0.15) is 17.4 Å². The van der Waals surface area contributed by atoms with Gasteiger partial charge in [-0.05, 0) is 36.8 Å². The van der Waals surface area contributed by atoms with Crippen LogP contribution in [0.3, 0.4) is 0 Å². The highest BCUT2D eigenvalue weighted by Crippen LogP contribution is 2.34. The number of thiazole rings is 1. The Bertz CT molecular complexity index is 788. The minimum atomic E-state index is -0.420. The normalized spacial score (nSPS) is 10.3. The van der Waals surface area contributed by atoms with E-state index >= 15 is 0 Å². The lowest BCUT2D eigenvalue weighted by Gasteiger charge is -2.01. The number of nitrogens with zero attached hydrogens (tertiary/aromatic N) is 2. The van der Waals surface area contributed by atoms with Crippen LogP contribution in [0.4, 0.5) is 10.8 Å². The van der Waals surface area contributed by atoms with E-state index in [-0.39, 0.29) is 0 Å². The number of ether oxygens (including phenoxy) is 1. The van der Waals surface area contributed by atoms with Gasteiger partial charge in [-0.1, -0.05) is 29.5 Å². The van der Waals surface area contributed by atoms with E-state index in [1.54, 1.807) is 19.3 Å². The molecule has 2 heterocycles. The Morgan fingerprint density at radius 1 is 1.17 bits per heavy atom. The zero-order valence-corrected chi connectivity index (χ0v) is 13.3. The molecule has 116 valence electrons. The summed E-state index contributed by atoms with van der Waals surface area (Å²) in [6.07, 6.45) is 3.38. The Labute approximate surface area is 138 Å². The van der Waals surface area contributed by atoms with E-state index in [4.69, 9.17) is 4.74 Å². The van der Waals surface area contributed by atoms with Gasteiger partial charge in [0.05, 0.1) is 11.5 Å². The fourth-order valence-electron chi connectivity index (χ4n) is 2.06. The number of nitrogens with one attached hydrogen (secondary N) is 1. The molecule has 0 radical (unpaired) electrons. The van der Waals surface area contributed by atoms with E-state index in [1.807, 2.05) is 42.5 Å². The quantitative estimate of drug-likeness (QED) is 0.715. The number of anilines is 2. The van der Waals surface area contributed by atoms with Crippen molar-refractivity contribution in [1.82, 2.24) is 9.97 Å². The number of carbonyl (C=O) groups is 1. The van der Waals surface area contributed by atoms with Crippen LogP contribution < -0.4 is 5.32 Å². The van der Waals surface area contributed by atoms with Crippen molar-refractivity contribution >= 4 is 28.1 Å². The summed E-state index contributed by atoms with van der Waals surface area (Å²) in [7, 11) is 0. The van der Waals surface area contributed by atoms with Gasteiger partial charge in [0.1, 0.15) is 0 Å². The number of pyridine rings is 1. The second-order valence-electron chi connectivity index (χ2n) is 4.64. The summed E-state index contributed by atoms with van der Waals surface area (Å²) in [6.45, 7) is 2.09. The van der Waals surface area contributed by atoms with Gasteiger partial charge in [-0.2, -0.15) is 0 Å². The topological polar surface area (TPSA) is 64.1 Å². The number of aromatic nitrogens is 2. The molecule has 23 heavy (non-hydrogen) atoms. The maximum atomic E-state index is 12.2. The van der Waals surface area contributed by atoms with Crippen LogP contribution in [-0.2, 0) is 4.74 Å². The first-order valence-corrected chi connectivity index (χ1v) is 8.00. The van der Waals surface area contributed by atoms with Crippen LogP contribution in [0.5, 0.6) is 0 Å². The number of rotatable bonds is 5. The van der Waals surface area contributed by atoms with Gasteiger partial charge < -0.3 is 10.1 Å². The summed E-state index contributed by atoms with van der Waals surface area (Å²) in [4.78, 5) is 21.4. The first-order valence-electron chi connectivity index (χ1n) is 7.18. The zero-order chi connectivity index (χ0) is 16.1. The van der Waals surface area contributed by atoms with Crippen LogP contribution in [0.2, 0.25) is 0 Å². The van der Waals surface area contributed by atoms with Crippen molar-refractivity contribution in [2.24, 2.45) is 0 Å². The van der Waals surface area contributed by atoms with Crippen molar-refractivity contribution in [2.45, 2.75) is 6.92 Å². The van der Waals surface area contributed by atoms with Crippen molar-refractivity contribution in [3.8, 4) is 10.4 Å². The first kappa shape index (κ1) is 15.2. The molecule has 1 aromatic carbocycles. The Morgan fingerprint density at radius 2 is 1.91 bits per heavy atom. The predicted molar refractivity (Wildman–Crippen MR) is 91.0 cm³/mol. The smallest absolute Gasteiger partial charge is 0.358 e. The average molecular weight is 325 g/mol. The fraction of sp³-hybridized carbons (Fsp3) is 0.118. The third kappa shape index (κ3) is 3.54. The van der Waals surface area contributed by atoms with Gasteiger partial charge in [-0.25, -0.2) is 9.78 Å². The van der Waals surface area contributed by atoms with Gasteiger partial charge in [0.25, 0.3) is 0 Å². The first-order chi connectivity index (χ1) is 11.3. The molecular formula is C17H15N3O2S. The molecule has 0 spiro atoms. The summed E-state index contributed by atoms with van der Waals surface area (Å²) >= 11 is 1.41. The number of hydrogen-bond donors (Lipinski definition) is 1. The third-order valence-electron chi connectivity index (χ3n) is 3.06. The molecule has 0 aliphatic heterocycles. The van der Waals surface area contributed by atoms with Crippen molar-refractivity contribution < 1.29 is 9.53 Å². The van der Waals surface area contributed by atoms with Crippen LogP contribution in [0.15, 0.2) is 54.9 Å². The number of hydrogen-bond acceptors (Lipinski definition) is 6. The molecule has 3 aromatic rings. The lowest BCUT2D eigenvalue weighted by atomic mass is 10.2. The lowest BCUT2D eigenvalue weighted by molar-refractivity contribution is 0.0521. The molecule has 5 nitrogen and oxygen atoms in total. The highest BCUT2D eigenvalue weighted by molar-refractivity contribution is 7.19. The molecule has 6 heteroatoms. The molecular weight excluding hydrogens is 310 g/mol. The Morgan fingerprint density at radius 3 is 2.61 bits per heavy atom. The van der Waals surface area contributed by atoms with Gasteiger partial charge in [-0.15, -0.1) is 0 Å². The van der Waals surface area contributed by atoms with E-state index in [0.29, 0.717) is 17.4 Å². The van der Waals surface area contributed by atoms with Gasteiger partial charge >= 0.3 is 5.97 Å². The van der Waals surface area contributed by atoms with Gasteiger partial charge in [-0.3, -0.25) is 4.98 Å². The van der Waals surface area contributed by atoms with Gasteiger partial charge in [0, 0.05) is 18.1 Å². The summed E-state index contributed by atoms with van der Waals surface area (Å²) < 4.78 is 5.12. The maximum Gasteiger partial charge on any atom is 0.358 e. The zero-order valence-electron chi connectivity index (χ0n) is 12.5. The maximum absolute atomic E-state index is 12.2. The minimum Gasteiger partial charge on any atom is -0.461 e. The van der Waals surface area contributed by atoms with Gasteiger partial charge in [0.2, 0.25) is 0 Å². The van der Waals surface area contributed by atoms with E-state index in [9.17, 15) is 4.79 Å². The average Bonchev–Trinajstić information content (AvgIpc) is 3.01. The van der Waals surface area contributed by atoms with Crippen LogP contribution in [-0.4, -0.2) is 22.5 Å². The van der Waals surface area contributed by atoms with E-state index in [1.165, 1.54) is 11.3 Å². The molecule has 0 aliphatic carbocycles. The molecule has 0 saturated heterocycles. The van der Waals surface area contributed by atoms with Crippen molar-refractivity contribution in [3.63, 3.8) is 0 Å². The number of para-hydroxylation sites is 1. The Kier molecular flexibility index (Phi) is 4.63. The molecule has 3 rings (SSSR count). The Balaban J connectivity index is 1.98. The van der Waals surface area contributed by atoms with E-state index in [2.05, 4.69) is 15.3 Å². The third-order valence-corrected chi connectivity index (χ3v) is 4.08. The molecule has 0 amide bonds. The highest BCUT2D eigenvalue weighted by Gasteiger charge is 2.20. The molecule has 0 atom stereocenters. The van der Waals surface area contributed by atoms with Gasteiger partial charge in [0.15, 0.2) is 10.8 Å². The SMILES string of the molecule is CCOC(=O)c1nc(Nc2ccccc2)sc1-c1ccncc1. The summed E-state index contributed by atoms with van der Waals surface area (Å²) in [5.41, 5.74) is 2.13. The van der Waals surface area contributed by atoms with E-state index in [0.717, 1.165) is 16.1 Å². The van der Waals surface area contributed by atoms with Crippen LogP contribution in [0.25, 0.3) is 10.4 Å². The molecule has 0 fully saturated rings. The standard InChI is InChI=1S/C17H15N3O2S/c1-2-22-16(21)14-15(12-8-10-18-11-9-12)23-17(20-14)19-13-6-4-3-5-7-13/h3-11H,2H2,1H3,(H,19,20). The second kappa shape index (κ2) is 7.02. The Hall–Kier alpha value is -2.73. The highest BCUT2D eigenvalue weighted by atomic mass is 32.1. The summed E-state index contributed by atoms with van der Waals surface area (Å²) in [6, 6.07) is 13.4. The van der Waals surface area contributed by atoms with Crippen molar-refractivity contribution in [3.05, 3.63) is 60.6 Å². The monoisotopic (exact) mass is 325 g/mol. The molecule has 0 aliphatic rings. The summed E-state index contributed by atoms with van der Waals surface area (Å²) in [5, 5.41) is 3.86. The van der Waals surface area contributed by atoms with Crippen LogP contribution >= 0.6 is 11.3 Å². The number of benzene rings is 1. The predicted octanol–water partition coefficient (Wildman–Crippen LogP) is 4.13.